The molecule has 0 saturated carbocycles. The van der Waals surface area contributed by atoms with Crippen LogP contribution in [0.25, 0.3) is 0 Å². The van der Waals surface area contributed by atoms with Crippen molar-refractivity contribution in [1.82, 2.24) is 4.90 Å². The van der Waals surface area contributed by atoms with Gasteiger partial charge in [0.25, 0.3) is 0 Å². The molecule has 0 aromatic heterocycles. The van der Waals surface area contributed by atoms with Gasteiger partial charge >= 0.3 is 6.09 Å². The van der Waals surface area contributed by atoms with Crippen LogP contribution in [0.4, 0.5) is 9.18 Å². The molecule has 1 aliphatic rings. The van der Waals surface area contributed by atoms with Crippen molar-refractivity contribution in [3.05, 3.63) is 71.0 Å². The van der Waals surface area contributed by atoms with Crippen LogP contribution in [0.3, 0.4) is 0 Å². The minimum absolute atomic E-state index is 0.0417. The molecular formula is C23H29ClFNO3. The van der Waals surface area contributed by atoms with Crippen molar-refractivity contribution in [3.63, 3.8) is 0 Å². The first-order valence-corrected chi connectivity index (χ1v) is 10.2. The van der Waals surface area contributed by atoms with Gasteiger partial charge < -0.3 is 14.7 Å². The summed E-state index contributed by atoms with van der Waals surface area (Å²) >= 11 is 5.90. The van der Waals surface area contributed by atoms with E-state index in [1.54, 1.807) is 36.9 Å². The van der Waals surface area contributed by atoms with Crippen molar-refractivity contribution >= 4 is 17.7 Å². The number of carbonyl (C=O) groups is 1. The van der Waals surface area contributed by atoms with E-state index in [0.717, 1.165) is 12.0 Å². The summed E-state index contributed by atoms with van der Waals surface area (Å²) in [5.41, 5.74) is 0.316. The SMILES string of the molecule is CC(c1ccc(Cl)cc1)N1CCC(CCC(C)(C)O)OC1=O.Fc1ccccc1. The summed E-state index contributed by atoms with van der Waals surface area (Å²) in [4.78, 5) is 14.0. The third kappa shape index (κ3) is 8.03. The fourth-order valence-corrected chi connectivity index (χ4v) is 3.17. The predicted molar refractivity (Wildman–Crippen MR) is 113 cm³/mol. The Morgan fingerprint density at radius 2 is 1.83 bits per heavy atom. The smallest absolute Gasteiger partial charge is 0.410 e. The van der Waals surface area contributed by atoms with Crippen LogP contribution in [0, 0.1) is 5.82 Å². The van der Waals surface area contributed by atoms with E-state index < -0.39 is 5.60 Å². The van der Waals surface area contributed by atoms with Crippen LogP contribution in [0.1, 0.15) is 51.6 Å². The number of hydrogen-bond acceptors (Lipinski definition) is 3. The molecule has 0 aliphatic carbocycles. The Bertz CT molecular complexity index is 762. The molecule has 29 heavy (non-hydrogen) atoms. The number of ether oxygens (including phenoxy) is 1. The first kappa shape index (κ1) is 23.2. The maximum Gasteiger partial charge on any atom is 0.410 e. The van der Waals surface area contributed by atoms with Crippen molar-refractivity contribution < 1.29 is 19.0 Å². The molecule has 0 radical (unpaired) electrons. The van der Waals surface area contributed by atoms with Crippen LogP contribution in [0.5, 0.6) is 0 Å². The van der Waals surface area contributed by atoms with Gasteiger partial charge in [0.1, 0.15) is 11.9 Å². The van der Waals surface area contributed by atoms with E-state index in [1.807, 2.05) is 31.2 Å². The minimum atomic E-state index is -0.722. The Hall–Kier alpha value is -2.11. The monoisotopic (exact) mass is 421 g/mol. The molecule has 4 nitrogen and oxygen atoms in total. The maximum absolute atomic E-state index is 12.2. The van der Waals surface area contributed by atoms with Crippen LogP contribution in [-0.2, 0) is 4.74 Å². The average Bonchev–Trinajstić information content (AvgIpc) is 2.67. The van der Waals surface area contributed by atoms with Gasteiger partial charge in [0.05, 0.1) is 11.6 Å². The van der Waals surface area contributed by atoms with E-state index in [1.165, 1.54) is 12.1 Å². The highest BCUT2D eigenvalue weighted by atomic mass is 35.5. The lowest BCUT2D eigenvalue weighted by atomic mass is 9.98. The lowest BCUT2D eigenvalue weighted by Crippen LogP contribution is -2.43. The van der Waals surface area contributed by atoms with Crippen molar-refractivity contribution in [2.24, 2.45) is 0 Å². The number of carbonyl (C=O) groups excluding carboxylic acids is 1. The zero-order valence-corrected chi connectivity index (χ0v) is 17.9. The molecule has 2 unspecified atom stereocenters. The first-order valence-electron chi connectivity index (χ1n) is 9.81. The lowest BCUT2D eigenvalue weighted by Gasteiger charge is -2.36. The fourth-order valence-electron chi connectivity index (χ4n) is 3.05. The molecule has 0 spiro atoms. The number of hydrogen-bond donors (Lipinski definition) is 1. The number of nitrogens with zero attached hydrogens (tertiary/aromatic N) is 1. The van der Waals surface area contributed by atoms with Crippen LogP contribution in [0.2, 0.25) is 5.02 Å². The van der Waals surface area contributed by atoms with E-state index in [4.69, 9.17) is 16.3 Å². The van der Waals surface area contributed by atoms with Gasteiger partial charge in [0.2, 0.25) is 0 Å². The summed E-state index contributed by atoms with van der Waals surface area (Å²) < 4.78 is 17.4. The van der Waals surface area contributed by atoms with Gasteiger partial charge in [-0.1, -0.05) is 41.9 Å². The molecule has 1 N–H and O–H groups in total. The first-order chi connectivity index (χ1) is 13.7. The van der Waals surface area contributed by atoms with E-state index in [2.05, 4.69) is 0 Å². The zero-order chi connectivity index (χ0) is 21.4. The Kier molecular flexibility index (Phi) is 8.47. The molecule has 158 valence electrons. The number of cyclic esters (lactones) is 1. The summed E-state index contributed by atoms with van der Waals surface area (Å²) in [6.07, 6.45) is 1.72. The molecule has 3 rings (SSSR count). The standard InChI is InChI=1S/C17H24ClNO3.C6H5F/c1-12(13-4-6-14(18)7-5-13)19-11-9-15(22-16(19)20)8-10-17(2,3)21;7-6-4-2-1-3-5-6/h4-7,12,15,21H,8-11H2,1-3H3;1-5H. The highest BCUT2D eigenvalue weighted by molar-refractivity contribution is 6.30. The van der Waals surface area contributed by atoms with Gasteiger partial charge in [0, 0.05) is 18.0 Å². The van der Waals surface area contributed by atoms with E-state index in [-0.39, 0.29) is 24.1 Å². The number of rotatable bonds is 5. The second-order valence-electron chi connectivity index (χ2n) is 7.86. The van der Waals surface area contributed by atoms with Crippen molar-refractivity contribution in [1.29, 1.82) is 0 Å². The van der Waals surface area contributed by atoms with E-state index >= 15 is 0 Å². The molecule has 1 aliphatic heterocycles. The van der Waals surface area contributed by atoms with Crippen molar-refractivity contribution in [3.8, 4) is 0 Å². The third-order valence-corrected chi connectivity index (χ3v) is 5.08. The molecule has 1 fully saturated rings. The summed E-state index contributed by atoms with van der Waals surface area (Å²) in [5, 5.41) is 10.4. The zero-order valence-electron chi connectivity index (χ0n) is 17.1. The van der Waals surface area contributed by atoms with Crippen molar-refractivity contribution in [2.75, 3.05) is 6.54 Å². The summed E-state index contributed by atoms with van der Waals surface area (Å²) in [5.74, 6) is -0.178. The summed E-state index contributed by atoms with van der Waals surface area (Å²) in [6, 6.07) is 15.4. The van der Waals surface area contributed by atoms with Crippen LogP contribution in [0.15, 0.2) is 54.6 Å². The molecule has 1 saturated heterocycles. The molecular weight excluding hydrogens is 393 g/mol. The fraction of sp³-hybridized carbons (Fsp3) is 0.435. The van der Waals surface area contributed by atoms with Crippen molar-refractivity contribution in [2.45, 2.75) is 57.8 Å². The Balaban J connectivity index is 0.000000360. The van der Waals surface area contributed by atoms with Gasteiger partial charge in [-0.25, -0.2) is 9.18 Å². The minimum Gasteiger partial charge on any atom is -0.446 e. The Morgan fingerprint density at radius 1 is 1.21 bits per heavy atom. The van der Waals surface area contributed by atoms with E-state index in [0.29, 0.717) is 24.4 Å². The number of amides is 1. The lowest BCUT2D eigenvalue weighted by molar-refractivity contribution is -0.00600. The van der Waals surface area contributed by atoms with Gasteiger partial charge in [-0.05, 0) is 63.4 Å². The van der Waals surface area contributed by atoms with Gasteiger partial charge in [-0.15, -0.1) is 0 Å². The number of halogens is 2. The second kappa shape index (κ2) is 10.6. The average molecular weight is 422 g/mol. The normalized spacial score (nSPS) is 17.8. The van der Waals surface area contributed by atoms with Crippen LogP contribution >= 0.6 is 11.6 Å². The number of benzene rings is 2. The third-order valence-electron chi connectivity index (χ3n) is 4.83. The van der Waals surface area contributed by atoms with Gasteiger partial charge in [0.15, 0.2) is 0 Å². The van der Waals surface area contributed by atoms with Crippen LogP contribution in [-0.4, -0.2) is 34.3 Å². The highest BCUT2D eigenvalue weighted by Gasteiger charge is 2.31. The molecule has 2 atom stereocenters. The van der Waals surface area contributed by atoms with E-state index in [9.17, 15) is 14.3 Å². The summed E-state index contributed by atoms with van der Waals surface area (Å²) in [7, 11) is 0. The van der Waals surface area contributed by atoms with Gasteiger partial charge in [-0.2, -0.15) is 0 Å². The summed E-state index contributed by atoms with van der Waals surface area (Å²) in [6.45, 7) is 6.19. The molecule has 6 heteroatoms. The largest absolute Gasteiger partial charge is 0.446 e. The Labute approximate surface area is 177 Å². The topological polar surface area (TPSA) is 49.8 Å². The quantitative estimate of drug-likeness (QED) is 0.645. The van der Waals surface area contributed by atoms with Crippen LogP contribution < -0.4 is 0 Å². The molecule has 1 amide bonds. The molecule has 2 aromatic rings. The molecule has 1 heterocycles. The molecule has 2 aromatic carbocycles. The highest BCUT2D eigenvalue weighted by Crippen LogP contribution is 2.28. The maximum atomic E-state index is 12.2. The Morgan fingerprint density at radius 3 is 2.31 bits per heavy atom. The second-order valence-corrected chi connectivity index (χ2v) is 8.30. The predicted octanol–water partition coefficient (Wildman–Crippen LogP) is 5.99. The van der Waals surface area contributed by atoms with Gasteiger partial charge in [-0.3, -0.25) is 0 Å². The number of aliphatic hydroxyl groups is 1. The molecule has 0 bridgehead atoms.